The Kier molecular flexibility index (Phi) is 17.0. The van der Waals surface area contributed by atoms with Crippen LogP contribution < -0.4 is 40.7 Å². The summed E-state index contributed by atoms with van der Waals surface area (Å²) in [6.07, 6.45) is 3.76. The fourth-order valence-corrected chi connectivity index (χ4v) is 8.18. The maximum atomic E-state index is 12.8. The summed E-state index contributed by atoms with van der Waals surface area (Å²) in [5.41, 5.74) is -2.32. The van der Waals surface area contributed by atoms with Gasteiger partial charge < -0.3 is 29.1 Å². The number of nitrogens with zero attached hydrogens (tertiary/aromatic N) is 10. The molecule has 0 spiro atoms. The highest BCUT2D eigenvalue weighted by Crippen LogP contribution is 2.32. The van der Waals surface area contributed by atoms with Crippen LogP contribution in [0.5, 0.6) is 11.5 Å². The zero-order valence-corrected chi connectivity index (χ0v) is 43.0. The molecule has 6 heterocycles. The molecule has 10 rings (SSSR count). The lowest BCUT2D eigenvalue weighted by Crippen LogP contribution is -2.31. The van der Waals surface area contributed by atoms with Crippen LogP contribution in [0.25, 0.3) is 33.1 Å². The van der Waals surface area contributed by atoms with E-state index in [9.17, 15) is 51.2 Å². The highest BCUT2D eigenvalue weighted by Gasteiger charge is 2.49. The first kappa shape index (κ1) is 55.9. The van der Waals surface area contributed by atoms with Gasteiger partial charge in [-0.05, 0) is 37.5 Å². The maximum absolute atomic E-state index is 12.8. The summed E-state index contributed by atoms with van der Waals surface area (Å²) in [6, 6.07) is 37.2. The number of nitrogens with one attached hydrogen (secondary N) is 1. The van der Waals surface area contributed by atoms with E-state index >= 15 is 0 Å². The fourth-order valence-electron chi connectivity index (χ4n) is 7.72. The number of aromatic hydroxyl groups is 1. The van der Waals surface area contributed by atoms with Gasteiger partial charge in [0.2, 0.25) is 0 Å². The molecule has 0 amide bonds. The predicted octanol–water partition coefficient (Wildman–Crippen LogP) is 6.64. The second-order valence-electron chi connectivity index (χ2n) is 17.0. The van der Waals surface area contributed by atoms with Crippen LogP contribution in [0.1, 0.15) is 39.3 Å². The van der Waals surface area contributed by atoms with E-state index in [0.717, 1.165) is 37.7 Å². The van der Waals surface area contributed by atoms with Crippen LogP contribution in [0.4, 0.5) is 24.5 Å². The number of hydrogen-bond acceptors (Lipinski definition) is 19. The molecule has 2 N–H and O–H groups in total. The van der Waals surface area contributed by atoms with Gasteiger partial charge in [-0.15, -0.1) is 14.2 Å². The van der Waals surface area contributed by atoms with Crippen LogP contribution in [0, 0.1) is 30.9 Å². The molecule has 0 aliphatic heterocycles. The first-order chi connectivity index (χ1) is 38.3. The van der Waals surface area contributed by atoms with E-state index in [0.29, 0.717) is 50.7 Å². The van der Waals surface area contributed by atoms with Gasteiger partial charge in [0.05, 0.1) is 49.9 Å². The number of pyridine rings is 3. The van der Waals surface area contributed by atoms with Gasteiger partial charge in [-0.2, -0.15) is 21.6 Å². The van der Waals surface area contributed by atoms with Crippen LogP contribution >= 0.6 is 0 Å². The van der Waals surface area contributed by atoms with Crippen LogP contribution in [0.3, 0.4) is 0 Å². The minimum atomic E-state index is -5.99. The molecule has 0 bridgehead atoms. The molecular weight excluding hydrogens is 1070 g/mol. The second-order valence-corrected chi connectivity index (χ2v) is 18.5. The van der Waals surface area contributed by atoms with E-state index in [1.807, 2.05) is 60.7 Å². The highest BCUT2D eigenvalue weighted by atomic mass is 32.2. The summed E-state index contributed by atoms with van der Waals surface area (Å²) < 4.78 is 67.8. The monoisotopic (exact) mass is 1120 g/mol. The van der Waals surface area contributed by atoms with Gasteiger partial charge in [-0.1, -0.05) is 109 Å². The van der Waals surface area contributed by atoms with Crippen LogP contribution in [0.15, 0.2) is 167 Å². The van der Waals surface area contributed by atoms with Gasteiger partial charge in [0.15, 0.2) is 22.7 Å². The van der Waals surface area contributed by atoms with E-state index in [1.165, 1.54) is 31.7 Å². The van der Waals surface area contributed by atoms with E-state index in [2.05, 4.69) is 39.4 Å². The number of aryl methyl sites for hydroxylation is 3. The average Bonchev–Trinajstić information content (AvgIpc) is 3.50. The van der Waals surface area contributed by atoms with Crippen LogP contribution in [0.2, 0.25) is 0 Å². The lowest BCUT2D eigenvalue weighted by Gasteiger charge is -2.15. The van der Waals surface area contributed by atoms with E-state index in [4.69, 9.17) is 14.5 Å². The first-order valence-electron chi connectivity index (χ1n) is 23.6. The van der Waals surface area contributed by atoms with Crippen molar-refractivity contribution in [2.75, 3.05) is 5.32 Å². The standard InChI is InChI=1S/C22H19N5O4.C16H12F3N3O5S.C15H13N3O3/c1-15-21-18(23-12-17-9-5-6-10-19(17)27(29)30)11-20(28)26(22(21)25-14-24-15)31-13-16-7-3-2-4-8-16;1-10-14-12(27-28(24,25)16(17,18)19)7-13(23)22(15(14)21-9-20-10)26-8-11-5-3-2-4-6-11;1-10-14-12(19)7-13(20)18(15(14)17-9-16-10)21-8-11-5-3-2-4-6-11/h2-11,14,23H,12-13H2,1H3;2-7,9H,8H2,1H3;2-7,9,19H,8H2,1H3. The lowest BCUT2D eigenvalue weighted by molar-refractivity contribution is -0.385. The predicted molar refractivity (Wildman–Crippen MR) is 283 cm³/mol. The van der Waals surface area contributed by atoms with Gasteiger partial charge in [0.1, 0.15) is 44.6 Å². The van der Waals surface area contributed by atoms with Crippen molar-refractivity contribution in [2.24, 2.45) is 0 Å². The molecule has 0 aliphatic rings. The highest BCUT2D eigenvalue weighted by molar-refractivity contribution is 7.88. The van der Waals surface area contributed by atoms with Gasteiger partial charge in [0.25, 0.3) is 22.4 Å². The molecule has 4 aromatic carbocycles. The van der Waals surface area contributed by atoms with Crippen molar-refractivity contribution in [3.8, 4) is 11.5 Å². The molecule has 0 aliphatic carbocycles. The van der Waals surface area contributed by atoms with E-state index < -0.39 is 43.0 Å². The van der Waals surface area contributed by atoms with Crippen molar-refractivity contribution in [3.05, 3.63) is 233 Å². The fraction of sp³-hybridized carbons (Fsp3) is 0.151. The first-order valence-corrected chi connectivity index (χ1v) is 25.0. The number of fused-ring (bicyclic) bond motifs is 3. The van der Waals surface area contributed by atoms with Gasteiger partial charge in [0, 0.05) is 30.3 Å². The minimum Gasteiger partial charge on any atom is -0.507 e. The number of hydrogen-bond donors (Lipinski definition) is 2. The smallest absolute Gasteiger partial charge is 0.507 e. The SMILES string of the molecule is Cc1ncnc2c1c(NCc1ccccc1[N+](=O)[O-])cc(=O)n2OCc1ccccc1.Cc1ncnc2c1c(O)cc(=O)n2OCc1ccccc1.Cc1ncnc2c1c(OS(=O)(=O)C(F)(F)F)cc(=O)n2OCc1ccccc1. The second kappa shape index (κ2) is 24.3. The van der Waals surface area contributed by atoms with E-state index in [-0.39, 0.29) is 60.2 Å². The molecule has 410 valence electrons. The number of aromatic nitrogens is 9. The Hall–Kier alpha value is -10.3. The van der Waals surface area contributed by atoms with Crippen molar-refractivity contribution < 1.29 is 50.3 Å². The van der Waals surface area contributed by atoms with Crippen molar-refractivity contribution in [2.45, 2.75) is 52.6 Å². The third kappa shape index (κ3) is 12.9. The zero-order chi connectivity index (χ0) is 57.1. The van der Waals surface area contributed by atoms with Crippen molar-refractivity contribution in [1.82, 2.24) is 44.1 Å². The number of para-hydroxylation sites is 1. The number of halogens is 3. The molecule has 10 aromatic rings. The Labute approximate surface area is 449 Å². The number of nitro groups is 1. The zero-order valence-electron chi connectivity index (χ0n) is 42.2. The minimum absolute atomic E-state index is 0.00631. The molecule has 0 saturated carbocycles. The average molecular weight is 1120 g/mol. The Morgan fingerprint density at radius 3 is 1.45 bits per heavy atom. The number of rotatable bonds is 15. The normalized spacial score (nSPS) is 11.2. The Balaban J connectivity index is 0.000000161. The van der Waals surface area contributed by atoms with Crippen molar-refractivity contribution in [1.29, 1.82) is 0 Å². The molecule has 0 radical (unpaired) electrons. The molecule has 0 fully saturated rings. The van der Waals surface area contributed by atoms with Crippen molar-refractivity contribution >= 4 is 54.6 Å². The Bertz CT molecular complexity index is 4180. The number of alkyl halides is 3. The number of nitro benzene ring substituents is 1. The third-order valence-electron chi connectivity index (χ3n) is 11.5. The molecule has 23 nitrogen and oxygen atoms in total. The number of benzene rings is 4. The topological polar surface area (TPSA) is 290 Å². The lowest BCUT2D eigenvalue weighted by atomic mass is 10.1. The summed E-state index contributed by atoms with van der Waals surface area (Å²) in [5.74, 6) is -0.984. The quantitative estimate of drug-likeness (QED) is 0.0470. The molecule has 80 heavy (non-hydrogen) atoms. The third-order valence-corrected chi connectivity index (χ3v) is 12.5. The molecule has 0 atom stereocenters. The summed E-state index contributed by atoms with van der Waals surface area (Å²) in [5, 5.41) is 25.1. The largest absolute Gasteiger partial charge is 0.534 e. The molecule has 0 unspecified atom stereocenters. The molecule has 0 saturated heterocycles. The summed E-state index contributed by atoms with van der Waals surface area (Å²) in [7, 11) is -5.99. The van der Waals surface area contributed by atoms with Gasteiger partial charge in [-0.25, -0.2) is 29.9 Å². The Morgan fingerprint density at radius 1 is 0.575 bits per heavy atom. The Morgan fingerprint density at radius 2 is 0.975 bits per heavy atom. The summed E-state index contributed by atoms with van der Waals surface area (Å²) in [6.45, 7) is 5.46. The molecule has 27 heteroatoms. The van der Waals surface area contributed by atoms with Gasteiger partial charge >= 0.3 is 15.6 Å². The van der Waals surface area contributed by atoms with Crippen LogP contribution in [-0.4, -0.2) is 68.1 Å². The van der Waals surface area contributed by atoms with Crippen molar-refractivity contribution in [3.63, 3.8) is 0 Å². The molecule has 6 aromatic heterocycles. The van der Waals surface area contributed by atoms with E-state index in [1.54, 1.807) is 62.4 Å². The maximum Gasteiger partial charge on any atom is 0.534 e. The molecular formula is C53H44F3N11O12S. The van der Waals surface area contributed by atoms with Crippen LogP contribution in [-0.2, 0) is 36.5 Å². The van der Waals surface area contributed by atoms with Gasteiger partial charge in [-0.3, -0.25) is 24.5 Å². The summed E-state index contributed by atoms with van der Waals surface area (Å²) in [4.78, 5) is 88.9. The summed E-state index contributed by atoms with van der Waals surface area (Å²) >= 11 is 0. The number of anilines is 1.